The van der Waals surface area contributed by atoms with Crippen LogP contribution in [0.15, 0.2) is 60.7 Å². The highest BCUT2D eigenvalue weighted by atomic mass is 35.5. The van der Waals surface area contributed by atoms with Gasteiger partial charge in [0.25, 0.3) is 0 Å². The van der Waals surface area contributed by atoms with Gasteiger partial charge in [-0.1, -0.05) is 29.8 Å². The normalized spacial score (nSPS) is 14.6. The van der Waals surface area contributed by atoms with Crippen LogP contribution in [0.25, 0.3) is 11.8 Å². The zero-order valence-corrected chi connectivity index (χ0v) is 18.9. The van der Waals surface area contributed by atoms with E-state index in [1.165, 1.54) is 22.9 Å². The first-order valence-electron chi connectivity index (χ1n) is 10.8. The van der Waals surface area contributed by atoms with E-state index in [0.717, 1.165) is 5.69 Å². The highest BCUT2D eigenvalue weighted by Gasteiger charge is 2.26. The Kier molecular flexibility index (Phi) is 6.89. The average molecular weight is 467 g/mol. The van der Waals surface area contributed by atoms with E-state index < -0.39 is 0 Å². The van der Waals surface area contributed by atoms with E-state index in [2.05, 4.69) is 10.4 Å². The van der Waals surface area contributed by atoms with Crippen LogP contribution < -0.4 is 5.32 Å². The predicted octanol–water partition coefficient (Wildman–Crippen LogP) is 4.86. The van der Waals surface area contributed by atoms with E-state index in [9.17, 15) is 14.0 Å². The number of aromatic nitrogens is 2. The number of rotatable bonds is 5. The first-order valence-corrected chi connectivity index (χ1v) is 11.1. The smallest absolute Gasteiger partial charge is 0.246 e. The van der Waals surface area contributed by atoms with Crippen LogP contribution in [0, 0.1) is 18.7 Å². The van der Waals surface area contributed by atoms with Gasteiger partial charge in [-0.05, 0) is 62.2 Å². The number of likely N-dealkylation sites (tertiary alicyclic amines) is 1. The fraction of sp³-hybridized carbons (Fsp3) is 0.240. The van der Waals surface area contributed by atoms with E-state index in [0.29, 0.717) is 48.0 Å². The number of nitrogens with one attached hydrogen (secondary N) is 1. The molecule has 2 aromatic carbocycles. The Balaban J connectivity index is 1.36. The van der Waals surface area contributed by atoms with Crippen molar-refractivity contribution >= 4 is 35.2 Å². The molecule has 0 radical (unpaired) electrons. The van der Waals surface area contributed by atoms with Crippen molar-refractivity contribution in [2.75, 3.05) is 18.4 Å². The average Bonchev–Trinajstić information content (AvgIpc) is 3.11. The molecule has 1 N–H and O–H groups in total. The number of hydrogen-bond donors (Lipinski definition) is 1. The molecule has 170 valence electrons. The highest BCUT2D eigenvalue weighted by molar-refractivity contribution is 6.31. The van der Waals surface area contributed by atoms with Crippen molar-refractivity contribution in [3.05, 3.63) is 82.9 Å². The van der Waals surface area contributed by atoms with Gasteiger partial charge in [-0.2, -0.15) is 5.10 Å². The molecule has 1 aliphatic rings. The van der Waals surface area contributed by atoms with Gasteiger partial charge < -0.3 is 10.2 Å². The number of nitrogens with zero attached hydrogens (tertiary/aromatic N) is 3. The number of carbonyl (C=O) groups excluding carboxylic acids is 2. The number of benzene rings is 2. The minimum Gasteiger partial charge on any atom is -0.339 e. The molecule has 0 aliphatic carbocycles. The Bertz CT molecular complexity index is 1170. The summed E-state index contributed by atoms with van der Waals surface area (Å²) in [5.74, 6) is -0.615. The number of halogens is 2. The summed E-state index contributed by atoms with van der Waals surface area (Å²) in [4.78, 5) is 26.9. The first-order chi connectivity index (χ1) is 15.9. The maximum absolute atomic E-state index is 13.2. The number of amides is 2. The number of aryl methyl sites for hydroxylation is 1. The zero-order valence-electron chi connectivity index (χ0n) is 18.2. The van der Waals surface area contributed by atoms with E-state index in [1.54, 1.807) is 30.0 Å². The van der Waals surface area contributed by atoms with Crippen LogP contribution in [0.3, 0.4) is 0 Å². The molecule has 6 nitrogen and oxygen atoms in total. The van der Waals surface area contributed by atoms with Crippen LogP contribution in [-0.4, -0.2) is 39.6 Å². The topological polar surface area (TPSA) is 67.2 Å². The molecule has 2 heterocycles. The van der Waals surface area contributed by atoms with Gasteiger partial charge in [-0.25, -0.2) is 9.07 Å². The van der Waals surface area contributed by atoms with Gasteiger partial charge in [-0.15, -0.1) is 0 Å². The molecule has 1 aromatic heterocycles. The van der Waals surface area contributed by atoms with Crippen LogP contribution in [0.1, 0.15) is 24.1 Å². The van der Waals surface area contributed by atoms with Gasteiger partial charge in [0, 0.05) is 36.3 Å². The third-order valence-electron chi connectivity index (χ3n) is 5.73. The number of piperidine rings is 1. The molecule has 8 heteroatoms. The Morgan fingerprint density at radius 3 is 2.42 bits per heavy atom. The second-order valence-corrected chi connectivity index (χ2v) is 8.32. The number of carbonyl (C=O) groups is 2. The molecular weight excluding hydrogens is 443 g/mol. The van der Waals surface area contributed by atoms with Crippen molar-refractivity contribution in [2.45, 2.75) is 19.8 Å². The van der Waals surface area contributed by atoms with Gasteiger partial charge in [-0.3, -0.25) is 9.59 Å². The lowest BCUT2D eigenvalue weighted by Gasteiger charge is -2.30. The van der Waals surface area contributed by atoms with Crippen LogP contribution in [-0.2, 0) is 9.59 Å². The van der Waals surface area contributed by atoms with E-state index in [-0.39, 0.29) is 23.5 Å². The summed E-state index contributed by atoms with van der Waals surface area (Å²) in [5.41, 5.74) is 2.69. The summed E-state index contributed by atoms with van der Waals surface area (Å²) < 4.78 is 14.7. The number of anilines is 1. The summed E-state index contributed by atoms with van der Waals surface area (Å²) in [5, 5.41) is 7.69. The minimum atomic E-state index is -0.342. The van der Waals surface area contributed by atoms with Crippen LogP contribution in [0.4, 0.5) is 10.1 Å². The third-order valence-corrected chi connectivity index (χ3v) is 6.09. The monoisotopic (exact) mass is 466 g/mol. The molecule has 1 fully saturated rings. The van der Waals surface area contributed by atoms with Crippen LogP contribution in [0.5, 0.6) is 0 Å². The molecule has 2 amide bonds. The quantitative estimate of drug-likeness (QED) is 0.546. The Labute approximate surface area is 196 Å². The molecule has 4 rings (SSSR count). The summed E-state index contributed by atoms with van der Waals surface area (Å²) in [7, 11) is 0. The maximum Gasteiger partial charge on any atom is 0.246 e. The summed E-state index contributed by atoms with van der Waals surface area (Å²) >= 11 is 6.48. The second-order valence-electron chi connectivity index (χ2n) is 7.97. The summed E-state index contributed by atoms with van der Waals surface area (Å²) in [6, 6.07) is 15.2. The van der Waals surface area contributed by atoms with Crippen molar-refractivity contribution in [1.29, 1.82) is 0 Å². The van der Waals surface area contributed by atoms with Crippen LogP contribution in [0.2, 0.25) is 5.15 Å². The Hall–Kier alpha value is -3.45. The molecule has 1 aliphatic heterocycles. The number of hydrogen-bond acceptors (Lipinski definition) is 3. The second kappa shape index (κ2) is 10.0. The standard InChI is InChI=1S/C25H24ClFN4O2/c1-17-22(24(26)31(29-17)21-9-7-19(27)8-10-21)11-12-23(32)30-15-13-18(14-16-30)25(33)28-20-5-3-2-4-6-20/h2-12,18H,13-16H2,1H3,(H,28,33)/b12-11+. The lowest BCUT2D eigenvalue weighted by Crippen LogP contribution is -2.40. The predicted molar refractivity (Wildman–Crippen MR) is 127 cm³/mol. The Morgan fingerprint density at radius 2 is 1.76 bits per heavy atom. The summed E-state index contributed by atoms with van der Waals surface area (Å²) in [6.07, 6.45) is 4.36. The van der Waals surface area contributed by atoms with Crippen molar-refractivity contribution in [3.63, 3.8) is 0 Å². The van der Waals surface area contributed by atoms with Gasteiger partial charge in [0.05, 0.1) is 11.4 Å². The molecule has 0 saturated carbocycles. The molecule has 33 heavy (non-hydrogen) atoms. The third kappa shape index (κ3) is 5.31. The lowest BCUT2D eigenvalue weighted by atomic mass is 9.95. The Morgan fingerprint density at radius 1 is 1.09 bits per heavy atom. The fourth-order valence-electron chi connectivity index (χ4n) is 3.84. The molecule has 0 bridgehead atoms. The van der Waals surface area contributed by atoms with E-state index in [4.69, 9.17) is 11.6 Å². The first kappa shape index (κ1) is 22.7. The van der Waals surface area contributed by atoms with Gasteiger partial charge in [0.2, 0.25) is 11.8 Å². The molecule has 0 spiro atoms. The van der Waals surface area contributed by atoms with Crippen molar-refractivity contribution in [2.24, 2.45) is 5.92 Å². The molecule has 1 saturated heterocycles. The zero-order chi connectivity index (χ0) is 23.4. The molecular formula is C25H24ClFN4O2. The molecule has 0 atom stereocenters. The molecule has 3 aromatic rings. The van der Waals surface area contributed by atoms with Gasteiger partial charge in [0.1, 0.15) is 11.0 Å². The van der Waals surface area contributed by atoms with Crippen molar-refractivity contribution in [3.8, 4) is 5.69 Å². The largest absolute Gasteiger partial charge is 0.339 e. The van der Waals surface area contributed by atoms with E-state index in [1.807, 2.05) is 30.3 Å². The maximum atomic E-state index is 13.2. The number of para-hydroxylation sites is 1. The van der Waals surface area contributed by atoms with E-state index >= 15 is 0 Å². The van der Waals surface area contributed by atoms with Gasteiger partial charge >= 0.3 is 0 Å². The lowest BCUT2D eigenvalue weighted by molar-refractivity contribution is -0.130. The highest BCUT2D eigenvalue weighted by Crippen LogP contribution is 2.25. The fourth-order valence-corrected chi connectivity index (χ4v) is 4.18. The van der Waals surface area contributed by atoms with Crippen molar-refractivity contribution in [1.82, 2.24) is 14.7 Å². The van der Waals surface area contributed by atoms with Crippen molar-refractivity contribution < 1.29 is 14.0 Å². The SMILES string of the molecule is Cc1nn(-c2ccc(F)cc2)c(Cl)c1/C=C/C(=O)N1CCC(C(=O)Nc2ccccc2)CC1. The minimum absolute atomic E-state index is 0.0144. The summed E-state index contributed by atoms with van der Waals surface area (Å²) in [6.45, 7) is 2.82. The molecule has 0 unspecified atom stereocenters. The van der Waals surface area contributed by atoms with Gasteiger partial charge in [0.15, 0.2) is 0 Å². The van der Waals surface area contributed by atoms with Crippen LogP contribution >= 0.6 is 11.6 Å².